The van der Waals surface area contributed by atoms with E-state index in [4.69, 9.17) is 0 Å². The minimum atomic E-state index is -0.0401. The average Bonchev–Trinajstić information content (AvgIpc) is 3.12. The fourth-order valence-electron chi connectivity index (χ4n) is 3.22. The smallest absolute Gasteiger partial charge is 0.253 e. The van der Waals surface area contributed by atoms with Gasteiger partial charge in [-0.05, 0) is 36.8 Å². The highest BCUT2D eigenvalue weighted by molar-refractivity contribution is 6.05. The summed E-state index contributed by atoms with van der Waals surface area (Å²) in [7, 11) is 0. The van der Waals surface area contributed by atoms with Crippen LogP contribution >= 0.6 is 0 Å². The third kappa shape index (κ3) is 2.43. The molecule has 20 heavy (non-hydrogen) atoms. The molecule has 3 N–H and O–H groups in total. The van der Waals surface area contributed by atoms with Gasteiger partial charge in [-0.1, -0.05) is 18.6 Å². The maximum absolute atomic E-state index is 12.3. The molecule has 0 bridgehead atoms. The van der Waals surface area contributed by atoms with E-state index < -0.39 is 0 Å². The lowest BCUT2D eigenvalue weighted by molar-refractivity contribution is 0.0939. The summed E-state index contributed by atoms with van der Waals surface area (Å²) >= 11 is 0. The lowest BCUT2D eigenvalue weighted by Gasteiger charge is -2.17. The summed E-state index contributed by atoms with van der Waals surface area (Å²) in [5.74, 6) is 0.713. The Morgan fingerprint density at radius 1 is 1.30 bits per heavy atom. The summed E-state index contributed by atoms with van der Waals surface area (Å²) < 4.78 is 0. The Morgan fingerprint density at radius 3 is 3.00 bits per heavy atom. The van der Waals surface area contributed by atoms with E-state index in [-0.39, 0.29) is 12.5 Å². The van der Waals surface area contributed by atoms with Crippen LogP contribution in [0.2, 0.25) is 0 Å². The largest absolute Gasteiger partial charge is 0.396 e. The number of carbonyl (C=O) groups is 1. The summed E-state index contributed by atoms with van der Waals surface area (Å²) in [6, 6.07) is 7.69. The van der Waals surface area contributed by atoms with Crippen molar-refractivity contribution >= 4 is 16.8 Å². The van der Waals surface area contributed by atoms with Gasteiger partial charge in [0.05, 0.1) is 11.1 Å². The van der Waals surface area contributed by atoms with Crippen LogP contribution in [0.5, 0.6) is 0 Å². The monoisotopic (exact) mass is 272 g/mol. The van der Waals surface area contributed by atoms with E-state index >= 15 is 0 Å². The number of amides is 1. The minimum absolute atomic E-state index is 0.0401. The highest BCUT2D eigenvalue weighted by Crippen LogP contribution is 2.30. The summed E-state index contributed by atoms with van der Waals surface area (Å²) in [6.07, 6.45) is 5.17. The SMILES string of the molecule is O=C(NCC1CCCC1CO)c1cccc2cc[nH]c12. The number of para-hydroxylation sites is 1. The molecule has 4 heteroatoms. The van der Waals surface area contributed by atoms with Gasteiger partial charge in [0, 0.05) is 24.7 Å². The van der Waals surface area contributed by atoms with E-state index in [1.54, 1.807) is 0 Å². The van der Waals surface area contributed by atoms with E-state index in [1.807, 2.05) is 30.5 Å². The molecule has 1 aliphatic carbocycles. The Bertz CT molecular complexity index is 605. The molecule has 1 aromatic carbocycles. The number of aromatic amines is 1. The topological polar surface area (TPSA) is 65.1 Å². The van der Waals surface area contributed by atoms with E-state index in [0.717, 1.165) is 30.2 Å². The Morgan fingerprint density at radius 2 is 2.15 bits per heavy atom. The Hall–Kier alpha value is -1.81. The van der Waals surface area contributed by atoms with Crippen LogP contribution in [0.25, 0.3) is 10.9 Å². The molecule has 1 aromatic heterocycles. The zero-order valence-electron chi connectivity index (χ0n) is 11.4. The first-order valence-corrected chi connectivity index (χ1v) is 7.24. The standard InChI is InChI=1S/C16H20N2O2/c19-10-13-5-1-4-12(13)9-18-16(20)14-6-2-3-11-7-8-17-15(11)14/h2-3,6-8,12-13,17,19H,1,4-5,9-10H2,(H,18,20). The van der Waals surface area contributed by atoms with E-state index in [0.29, 0.717) is 23.9 Å². The Kier molecular flexibility index (Phi) is 3.74. The Balaban J connectivity index is 1.69. The average molecular weight is 272 g/mol. The molecule has 2 aromatic rings. The number of aliphatic hydroxyl groups is 1. The molecule has 3 rings (SSSR count). The van der Waals surface area contributed by atoms with Gasteiger partial charge >= 0.3 is 0 Å². The fourth-order valence-corrected chi connectivity index (χ4v) is 3.22. The number of aromatic nitrogens is 1. The summed E-state index contributed by atoms with van der Waals surface area (Å²) in [4.78, 5) is 15.4. The molecule has 2 unspecified atom stereocenters. The van der Waals surface area contributed by atoms with Gasteiger partial charge in [0.25, 0.3) is 5.91 Å². The van der Waals surface area contributed by atoms with Gasteiger partial charge in [0.15, 0.2) is 0 Å². The molecule has 1 aliphatic rings. The molecule has 0 saturated heterocycles. The number of carbonyl (C=O) groups excluding carboxylic acids is 1. The van der Waals surface area contributed by atoms with Crippen molar-refractivity contribution in [2.75, 3.05) is 13.2 Å². The second kappa shape index (κ2) is 5.67. The van der Waals surface area contributed by atoms with Crippen molar-refractivity contribution in [2.45, 2.75) is 19.3 Å². The maximum Gasteiger partial charge on any atom is 0.253 e. The normalized spacial score (nSPS) is 22.2. The number of nitrogens with one attached hydrogen (secondary N) is 2. The molecule has 1 amide bonds. The van der Waals surface area contributed by atoms with Crippen molar-refractivity contribution in [3.05, 3.63) is 36.0 Å². The van der Waals surface area contributed by atoms with Gasteiger partial charge in [0.2, 0.25) is 0 Å². The van der Waals surface area contributed by atoms with Crippen LogP contribution in [-0.2, 0) is 0 Å². The molecule has 1 heterocycles. The number of hydrogen-bond donors (Lipinski definition) is 3. The molecule has 0 aliphatic heterocycles. The first-order valence-electron chi connectivity index (χ1n) is 7.24. The second-order valence-corrected chi connectivity index (χ2v) is 5.59. The van der Waals surface area contributed by atoms with Crippen molar-refractivity contribution in [1.82, 2.24) is 10.3 Å². The molecular weight excluding hydrogens is 252 g/mol. The van der Waals surface area contributed by atoms with E-state index in [9.17, 15) is 9.90 Å². The lowest BCUT2D eigenvalue weighted by Crippen LogP contribution is -2.31. The molecule has 0 radical (unpaired) electrons. The van der Waals surface area contributed by atoms with E-state index in [1.165, 1.54) is 0 Å². The van der Waals surface area contributed by atoms with Crippen LogP contribution in [0.3, 0.4) is 0 Å². The third-order valence-electron chi connectivity index (χ3n) is 4.41. The van der Waals surface area contributed by atoms with Crippen molar-refractivity contribution in [2.24, 2.45) is 11.8 Å². The highest BCUT2D eigenvalue weighted by Gasteiger charge is 2.26. The molecular formula is C16H20N2O2. The molecule has 4 nitrogen and oxygen atoms in total. The van der Waals surface area contributed by atoms with Gasteiger partial charge in [-0.25, -0.2) is 0 Å². The van der Waals surface area contributed by atoms with Gasteiger partial charge in [-0.15, -0.1) is 0 Å². The van der Waals surface area contributed by atoms with Crippen molar-refractivity contribution in [3.63, 3.8) is 0 Å². The number of fused-ring (bicyclic) bond motifs is 1. The molecule has 106 valence electrons. The first kappa shape index (κ1) is 13.2. The zero-order valence-corrected chi connectivity index (χ0v) is 11.4. The third-order valence-corrected chi connectivity index (χ3v) is 4.41. The van der Waals surface area contributed by atoms with Crippen molar-refractivity contribution < 1.29 is 9.90 Å². The van der Waals surface area contributed by atoms with Crippen LogP contribution in [-0.4, -0.2) is 29.1 Å². The first-order chi connectivity index (χ1) is 9.79. The van der Waals surface area contributed by atoms with Crippen molar-refractivity contribution in [1.29, 1.82) is 0 Å². The van der Waals surface area contributed by atoms with Gasteiger partial charge in [-0.3, -0.25) is 4.79 Å². The summed E-state index contributed by atoms with van der Waals surface area (Å²) in [5, 5.41) is 13.4. The minimum Gasteiger partial charge on any atom is -0.396 e. The number of hydrogen-bond acceptors (Lipinski definition) is 2. The number of H-pyrrole nitrogens is 1. The predicted octanol–water partition coefficient (Wildman–Crippen LogP) is 2.31. The van der Waals surface area contributed by atoms with Gasteiger partial charge < -0.3 is 15.4 Å². The zero-order chi connectivity index (χ0) is 13.9. The molecule has 0 spiro atoms. The van der Waals surface area contributed by atoms with Gasteiger partial charge in [0.1, 0.15) is 0 Å². The second-order valence-electron chi connectivity index (χ2n) is 5.59. The number of aliphatic hydroxyl groups excluding tert-OH is 1. The van der Waals surface area contributed by atoms with E-state index in [2.05, 4.69) is 10.3 Å². The molecule has 2 atom stereocenters. The molecule has 1 fully saturated rings. The summed E-state index contributed by atoms with van der Waals surface area (Å²) in [5.41, 5.74) is 1.57. The Labute approximate surface area is 118 Å². The van der Waals surface area contributed by atoms with Gasteiger partial charge in [-0.2, -0.15) is 0 Å². The fraction of sp³-hybridized carbons (Fsp3) is 0.438. The highest BCUT2D eigenvalue weighted by atomic mass is 16.3. The van der Waals surface area contributed by atoms with Crippen LogP contribution in [0.4, 0.5) is 0 Å². The van der Waals surface area contributed by atoms with Crippen LogP contribution < -0.4 is 5.32 Å². The summed E-state index contributed by atoms with van der Waals surface area (Å²) in [6.45, 7) is 0.883. The van der Waals surface area contributed by atoms with Crippen LogP contribution in [0.15, 0.2) is 30.5 Å². The number of benzene rings is 1. The van der Waals surface area contributed by atoms with Crippen LogP contribution in [0.1, 0.15) is 29.6 Å². The lowest BCUT2D eigenvalue weighted by atomic mass is 9.97. The maximum atomic E-state index is 12.3. The van der Waals surface area contributed by atoms with Crippen LogP contribution in [0, 0.1) is 11.8 Å². The predicted molar refractivity (Wildman–Crippen MR) is 78.5 cm³/mol. The molecule has 1 saturated carbocycles. The van der Waals surface area contributed by atoms with Crippen molar-refractivity contribution in [3.8, 4) is 0 Å². The quantitative estimate of drug-likeness (QED) is 0.799. The number of rotatable bonds is 4.